The van der Waals surface area contributed by atoms with E-state index < -0.39 is 10.0 Å². The summed E-state index contributed by atoms with van der Waals surface area (Å²) in [5.41, 5.74) is 0.357. The third-order valence-corrected chi connectivity index (χ3v) is 5.61. The van der Waals surface area contributed by atoms with Crippen molar-refractivity contribution in [3.8, 4) is 5.75 Å². The third-order valence-electron chi connectivity index (χ3n) is 3.63. The van der Waals surface area contributed by atoms with E-state index in [4.69, 9.17) is 27.9 Å². The minimum absolute atomic E-state index is 0.0176. The van der Waals surface area contributed by atoms with Crippen molar-refractivity contribution in [2.75, 3.05) is 11.8 Å². The highest BCUT2D eigenvalue weighted by molar-refractivity contribution is 7.92. The highest BCUT2D eigenvalue weighted by Crippen LogP contribution is 2.36. The first-order chi connectivity index (χ1) is 12.4. The van der Waals surface area contributed by atoms with Gasteiger partial charge in [-0.2, -0.15) is 0 Å². The first-order valence-corrected chi connectivity index (χ1v) is 9.50. The number of fused-ring (bicyclic) bond motifs is 1. The fourth-order valence-corrected chi connectivity index (χ4v) is 4.05. The van der Waals surface area contributed by atoms with Crippen LogP contribution in [-0.4, -0.2) is 26.8 Å². The molecule has 0 aliphatic rings. The summed E-state index contributed by atoms with van der Waals surface area (Å²) < 4.78 is 32.8. The van der Waals surface area contributed by atoms with Crippen LogP contribution >= 0.6 is 23.2 Å². The molecular formula is C17H12Cl2N2O4S. The molecule has 0 aliphatic carbocycles. The monoisotopic (exact) mass is 410 g/mol. The number of nitrogens with zero attached hydrogens (tertiary/aromatic N) is 1. The molecule has 3 aromatic rings. The van der Waals surface area contributed by atoms with Gasteiger partial charge in [-0.1, -0.05) is 23.2 Å². The maximum atomic E-state index is 12.7. The Hall–Kier alpha value is -2.35. The SMILES string of the molecule is COc1ccc(S(=O)(=O)Nc2c(Cl)cc(Cl)c3ccc(C=O)nc23)cc1. The molecule has 1 heterocycles. The van der Waals surface area contributed by atoms with Gasteiger partial charge in [-0.25, -0.2) is 13.4 Å². The Morgan fingerprint density at radius 2 is 1.77 bits per heavy atom. The molecule has 0 bridgehead atoms. The lowest BCUT2D eigenvalue weighted by Crippen LogP contribution is -2.14. The van der Waals surface area contributed by atoms with Gasteiger partial charge in [0.15, 0.2) is 6.29 Å². The number of nitrogens with one attached hydrogen (secondary N) is 1. The lowest BCUT2D eigenvalue weighted by atomic mass is 10.2. The summed E-state index contributed by atoms with van der Waals surface area (Å²) >= 11 is 12.3. The molecule has 0 unspecified atom stereocenters. The number of pyridine rings is 1. The van der Waals surface area contributed by atoms with E-state index in [1.54, 1.807) is 6.07 Å². The summed E-state index contributed by atoms with van der Waals surface area (Å²) in [4.78, 5) is 15.2. The molecule has 0 radical (unpaired) electrons. The Balaban J connectivity index is 2.13. The van der Waals surface area contributed by atoms with Gasteiger partial charge in [-0.05, 0) is 42.5 Å². The van der Waals surface area contributed by atoms with E-state index in [-0.39, 0.29) is 26.8 Å². The fraction of sp³-hybridized carbons (Fsp3) is 0.0588. The van der Waals surface area contributed by atoms with Crippen LogP contribution in [0.2, 0.25) is 10.0 Å². The molecule has 134 valence electrons. The van der Waals surface area contributed by atoms with Crippen LogP contribution < -0.4 is 9.46 Å². The predicted octanol–water partition coefficient (Wildman–Crippen LogP) is 4.16. The highest BCUT2D eigenvalue weighted by atomic mass is 35.5. The quantitative estimate of drug-likeness (QED) is 0.638. The molecule has 1 N–H and O–H groups in total. The molecular weight excluding hydrogens is 399 g/mol. The van der Waals surface area contributed by atoms with Crippen molar-refractivity contribution in [2.45, 2.75) is 4.90 Å². The van der Waals surface area contributed by atoms with Crippen LogP contribution in [0.15, 0.2) is 47.4 Å². The van der Waals surface area contributed by atoms with Crippen molar-refractivity contribution in [3.63, 3.8) is 0 Å². The topological polar surface area (TPSA) is 85.4 Å². The largest absolute Gasteiger partial charge is 0.497 e. The average Bonchev–Trinajstić information content (AvgIpc) is 2.64. The van der Waals surface area contributed by atoms with Crippen molar-refractivity contribution in [1.82, 2.24) is 4.98 Å². The van der Waals surface area contributed by atoms with Gasteiger partial charge in [0.25, 0.3) is 10.0 Å². The third kappa shape index (κ3) is 3.46. The number of methoxy groups -OCH3 is 1. The Bertz CT molecular complexity index is 1100. The summed E-state index contributed by atoms with van der Waals surface area (Å²) in [5, 5.41) is 0.826. The summed E-state index contributed by atoms with van der Waals surface area (Å²) in [7, 11) is -2.46. The molecule has 0 aliphatic heterocycles. The number of rotatable bonds is 5. The minimum Gasteiger partial charge on any atom is -0.497 e. The number of ether oxygens (including phenoxy) is 1. The molecule has 2 aromatic carbocycles. The fourth-order valence-electron chi connectivity index (χ4n) is 2.34. The van der Waals surface area contributed by atoms with Gasteiger partial charge in [0, 0.05) is 5.39 Å². The van der Waals surface area contributed by atoms with Gasteiger partial charge in [0.1, 0.15) is 11.4 Å². The zero-order chi connectivity index (χ0) is 18.9. The van der Waals surface area contributed by atoms with Crippen molar-refractivity contribution < 1.29 is 17.9 Å². The van der Waals surface area contributed by atoms with Crippen LogP contribution in [0.4, 0.5) is 5.69 Å². The molecule has 3 rings (SSSR count). The van der Waals surface area contributed by atoms with Gasteiger partial charge in [0.2, 0.25) is 0 Å². The molecule has 26 heavy (non-hydrogen) atoms. The number of hydrogen-bond donors (Lipinski definition) is 1. The highest BCUT2D eigenvalue weighted by Gasteiger charge is 2.20. The second-order valence-corrected chi connectivity index (χ2v) is 7.74. The molecule has 0 atom stereocenters. The molecule has 1 aromatic heterocycles. The van der Waals surface area contributed by atoms with Crippen molar-refractivity contribution in [1.29, 1.82) is 0 Å². The molecule has 0 amide bonds. The first kappa shape index (κ1) is 18.4. The Kier molecular flexibility index (Phi) is 5.04. The van der Waals surface area contributed by atoms with Gasteiger partial charge < -0.3 is 4.74 Å². The second-order valence-electron chi connectivity index (χ2n) is 5.25. The molecule has 9 heteroatoms. The molecule has 0 saturated heterocycles. The van der Waals surface area contributed by atoms with Crippen molar-refractivity contribution in [2.24, 2.45) is 0 Å². The number of sulfonamides is 1. The van der Waals surface area contributed by atoms with E-state index in [1.807, 2.05) is 0 Å². The predicted molar refractivity (Wildman–Crippen MR) is 101 cm³/mol. The molecule has 0 saturated carbocycles. The second kappa shape index (κ2) is 7.11. The number of benzene rings is 2. The van der Waals surface area contributed by atoms with E-state index >= 15 is 0 Å². The number of aromatic nitrogens is 1. The van der Waals surface area contributed by atoms with Crippen LogP contribution in [0, 0.1) is 0 Å². The maximum Gasteiger partial charge on any atom is 0.262 e. The first-order valence-electron chi connectivity index (χ1n) is 7.26. The molecule has 0 fully saturated rings. The molecule has 6 nitrogen and oxygen atoms in total. The van der Waals surface area contributed by atoms with E-state index in [1.165, 1.54) is 43.5 Å². The average molecular weight is 411 g/mol. The van der Waals surface area contributed by atoms with E-state index in [0.717, 1.165) is 0 Å². The zero-order valence-corrected chi connectivity index (χ0v) is 15.7. The van der Waals surface area contributed by atoms with Crippen molar-refractivity contribution in [3.05, 3.63) is 58.2 Å². The zero-order valence-electron chi connectivity index (χ0n) is 13.4. The van der Waals surface area contributed by atoms with Crippen LogP contribution in [0.5, 0.6) is 5.75 Å². The van der Waals surface area contributed by atoms with Gasteiger partial charge in [-0.15, -0.1) is 0 Å². The number of halogens is 2. The van der Waals surface area contributed by atoms with Crippen LogP contribution in [0.3, 0.4) is 0 Å². The van der Waals surface area contributed by atoms with Crippen LogP contribution in [0.25, 0.3) is 10.9 Å². The summed E-state index contributed by atoms with van der Waals surface area (Å²) in [5.74, 6) is 0.524. The molecule has 0 spiro atoms. The number of carbonyl (C=O) groups excluding carboxylic acids is 1. The Morgan fingerprint density at radius 1 is 1.08 bits per heavy atom. The van der Waals surface area contributed by atoms with Gasteiger partial charge in [0.05, 0.1) is 33.3 Å². The van der Waals surface area contributed by atoms with Crippen molar-refractivity contribution >= 4 is 56.1 Å². The summed E-state index contributed by atoms with van der Waals surface area (Å²) in [6.07, 6.45) is 0.552. The summed E-state index contributed by atoms with van der Waals surface area (Å²) in [6, 6.07) is 10.3. The van der Waals surface area contributed by atoms with Gasteiger partial charge in [-0.3, -0.25) is 9.52 Å². The minimum atomic E-state index is -3.95. The normalized spacial score (nSPS) is 11.3. The number of anilines is 1. The smallest absolute Gasteiger partial charge is 0.262 e. The lowest BCUT2D eigenvalue weighted by molar-refractivity contribution is 0.111. The van der Waals surface area contributed by atoms with E-state index in [2.05, 4.69) is 9.71 Å². The van der Waals surface area contributed by atoms with E-state index in [9.17, 15) is 13.2 Å². The standard InChI is InChI=1S/C17H12Cl2N2O4S/c1-25-11-3-5-12(6-4-11)26(23,24)21-17-15(19)8-14(18)13-7-2-10(9-22)20-16(13)17/h2-9,21H,1H3. The lowest BCUT2D eigenvalue weighted by Gasteiger charge is -2.13. The maximum absolute atomic E-state index is 12.7. The van der Waals surface area contributed by atoms with Crippen LogP contribution in [-0.2, 0) is 10.0 Å². The van der Waals surface area contributed by atoms with E-state index in [0.29, 0.717) is 22.4 Å². The number of aldehydes is 1. The van der Waals surface area contributed by atoms with Gasteiger partial charge >= 0.3 is 0 Å². The number of hydrogen-bond acceptors (Lipinski definition) is 5. The van der Waals surface area contributed by atoms with Crippen LogP contribution in [0.1, 0.15) is 10.5 Å². The Labute approximate surface area is 159 Å². The summed E-state index contributed by atoms with van der Waals surface area (Å²) in [6.45, 7) is 0. The Morgan fingerprint density at radius 3 is 2.38 bits per heavy atom. The number of carbonyl (C=O) groups is 1.